The fourth-order valence-corrected chi connectivity index (χ4v) is 7.52. The first-order valence-corrected chi connectivity index (χ1v) is 18.9. The highest BCUT2D eigenvalue weighted by atomic mass is 35.5. The number of nitrogens with zero attached hydrogens (tertiary/aromatic N) is 3. The highest BCUT2D eigenvalue weighted by Crippen LogP contribution is 2.43. The summed E-state index contributed by atoms with van der Waals surface area (Å²) in [4.78, 5) is 69.4. The van der Waals surface area contributed by atoms with Crippen molar-refractivity contribution in [2.75, 3.05) is 14.1 Å². The van der Waals surface area contributed by atoms with E-state index in [1.807, 2.05) is 31.3 Å². The van der Waals surface area contributed by atoms with Crippen molar-refractivity contribution in [2.45, 2.75) is 62.4 Å². The van der Waals surface area contributed by atoms with Crippen molar-refractivity contribution in [2.24, 2.45) is 0 Å². The van der Waals surface area contributed by atoms with Crippen LogP contribution in [0.1, 0.15) is 62.5 Å². The highest BCUT2D eigenvalue weighted by molar-refractivity contribution is 6.61. The molecular weight excluding hydrogens is 803 g/mol. The summed E-state index contributed by atoms with van der Waals surface area (Å²) < 4.78 is 9.82. The number of carbonyl (C=O) groups is 4. The van der Waals surface area contributed by atoms with E-state index >= 15 is 0 Å². The molecule has 1 amide bonds. The molecule has 0 bridgehead atoms. The number of rotatable bonds is 8. The lowest BCUT2D eigenvalue weighted by molar-refractivity contribution is -0.385. The van der Waals surface area contributed by atoms with Gasteiger partial charge in [-0.15, -0.1) is 0 Å². The van der Waals surface area contributed by atoms with Crippen LogP contribution in [0, 0.1) is 20.2 Å². The zero-order valence-corrected chi connectivity index (χ0v) is 33.2. The van der Waals surface area contributed by atoms with Gasteiger partial charge in [-0.05, 0) is 81.1 Å². The van der Waals surface area contributed by atoms with Crippen LogP contribution in [0.3, 0.4) is 0 Å². The third-order valence-electron chi connectivity index (χ3n) is 9.76. The van der Waals surface area contributed by atoms with Crippen molar-refractivity contribution in [3.05, 3.63) is 138 Å². The third kappa shape index (κ3) is 10.7. The summed E-state index contributed by atoms with van der Waals surface area (Å²) in [5.74, 6) is 0.495. The molecule has 0 aromatic heterocycles. The number of benzene rings is 4. The topological polar surface area (TPSA) is 188 Å². The van der Waals surface area contributed by atoms with Gasteiger partial charge in [0.05, 0.1) is 9.85 Å². The van der Waals surface area contributed by atoms with Gasteiger partial charge in [0.1, 0.15) is 22.6 Å². The molecule has 2 saturated carbocycles. The highest BCUT2D eigenvalue weighted by Gasteiger charge is 2.48. The molecule has 0 heterocycles. The Balaban J connectivity index is 0.000000209. The summed E-state index contributed by atoms with van der Waals surface area (Å²) in [6.07, 6.45) is 5.14. The zero-order chi connectivity index (χ0) is 41.8. The van der Waals surface area contributed by atoms with Gasteiger partial charge in [-0.2, -0.15) is 0 Å². The molecule has 4 aromatic carbocycles. The standard InChI is InChI=1S/C20H19ClN2O5.C13H16ClNO.C7H4ClNO4/c1-22(19(25)28-15-11-9-14(10-12-15)23(26)27)20(13-5-4-8-18(20)24)16-6-2-3-7-17(16)21;1-15-13(9-5-4-8-12(13)16)10-6-2-3-7-11(10)14;8-7(10)13-6-3-1-5(2-4-6)9(11)12/h2-3,6-7,9-12H,4-5,8,13H2,1H3;2-3,6-7,15H,4-5,8-9H2,1H3;1-4H. The Morgan fingerprint density at radius 1 is 0.684 bits per heavy atom. The lowest BCUT2D eigenvalue weighted by Crippen LogP contribution is -2.55. The second-order valence-electron chi connectivity index (χ2n) is 13.0. The first-order valence-electron chi connectivity index (χ1n) is 17.7. The maximum Gasteiger partial charge on any atom is 0.416 e. The molecule has 1 N–H and O–H groups in total. The predicted molar refractivity (Wildman–Crippen MR) is 214 cm³/mol. The third-order valence-corrected chi connectivity index (χ3v) is 10.5. The summed E-state index contributed by atoms with van der Waals surface area (Å²) in [7, 11) is 3.35. The SMILES string of the molecule is CN(C(=O)Oc1ccc([N+](=O)[O-])cc1)C1(c2ccccc2Cl)CCCCC1=O.CNC1(c2ccccc2Cl)CCCCC1=O.O=C(Cl)Oc1ccc([N+](=O)[O-])cc1. The van der Waals surface area contributed by atoms with Crippen LogP contribution < -0.4 is 14.8 Å². The minimum atomic E-state index is -1.20. The number of hydrogen-bond donors (Lipinski definition) is 1. The quantitative estimate of drug-likeness (QED) is 0.101. The van der Waals surface area contributed by atoms with Gasteiger partial charge in [0.25, 0.3) is 11.4 Å². The van der Waals surface area contributed by atoms with Gasteiger partial charge in [-0.25, -0.2) is 9.59 Å². The van der Waals surface area contributed by atoms with Crippen molar-refractivity contribution in [3.8, 4) is 11.5 Å². The van der Waals surface area contributed by atoms with E-state index in [4.69, 9.17) is 39.5 Å². The van der Waals surface area contributed by atoms with Gasteiger partial charge < -0.3 is 14.8 Å². The molecule has 2 atom stereocenters. The maximum absolute atomic E-state index is 13.0. The molecule has 2 unspecified atom stereocenters. The summed E-state index contributed by atoms with van der Waals surface area (Å²) in [5.41, 5.74) is -1.43. The molecule has 0 spiro atoms. The van der Waals surface area contributed by atoms with Crippen LogP contribution in [0.25, 0.3) is 0 Å². The molecule has 57 heavy (non-hydrogen) atoms. The smallest absolute Gasteiger partial charge is 0.414 e. The van der Waals surface area contributed by atoms with Gasteiger partial charge in [0.15, 0.2) is 11.6 Å². The van der Waals surface area contributed by atoms with E-state index in [0.717, 1.165) is 37.7 Å². The fraction of sp³-hybridized carbons (Fsp3) is 0.300. The van der Waals surface area contributed by atoms with Gasteiger partial charge in [0, 0.05) is 71.4 Å². The first kappa shape index (κ1) is 44.3. The molecule has 6 rings (SSSR count). The number of hydrogen-bond acceptors (Lipinski definition) is 11. The lowest BCUT2D eigenvalue weighted by Gasteiger charge is -2.43. The Bertz CT molecular complexity index is 2100. The maximum atomic E-state index is 13.0. The number of carbonyl (C=O) groups excluding carboxylic acids is 4. The van der Waals surface area contributed by atoms with Crippen molar-refractivity contribution >= 4 is 69.3 Å². The van der Waals surface area contributed by atoms with E-state index in [2.05, 4.69) is 10.1 Å². The average molecular weight is 842 g/mol. The number of likely N-dealkylation sites (N-methyl/N-ethyl adjacent to an activating group) is 2. The fourth-order valence-electron chi connectivity index (χ4n) is 6.84. The summed E-state index contributed by atoms with van der Waals surface area (Å²) in [6.45, 7) is 0. The number of nitro groups is 2. The number of Topliss-reactive ketones (excluding diaryl/α,β-unsaturated/α-hetero) is 2. The van der Waals surface area contributed by atoms with E-state index < -0.39 is 32.4 Å². The van der Waals surface area contributed by atoms with Crippen molar-refractivity contribution in [1.29, 1.82) is 0 Å². The van der Waals surface area contributed by atoms with E-state index in [0.29, 0.717) is 34.9 Å². The molecule has 2 aliphatic rings. The lowest BCUT2D eigenvalue weighted by atomic mass is 9.74. The van der Waals surface area contributed by atoms with E-state index in [-0.39, 0.29) is 34.4 Å². The van der Waals surface area contributed by atoms with Crippen molar-refractivity contribution in [1.82, 2.24) is 10.2 Å². The van der Waals surface area contributed by atoms with Crippen molar-refractivity contribution in [3.63, 3.8) is 0 Å². The summed E-state index contributed by atoms with van der Waals surface area (Å²) >= 11 is 17.5. The zero-order valence-electron chi connectivity index (χ0n) is 31.0. The Hall–Kier alpha value is -5.41. The molecule has 4 aromatic rings. The van der Waals surface area contributed by atoms with Crippen LogP contribution in [0.2, 0.25) is 10.0 Å². The molecule has 2 fully saturated rings. The Morgan fingerprint density at radius 3 is 1.58 bits per heavy atom. The number of halogens is 3. The Kier molecular flexibility index (Phi) is 15.7. The molecule has 300 valence electrons. The molecule has 0 saturated heterocycles. The number of ketones is 2. The van der Waals surface area contributed by atoms with Gasteiger partial charge in [-0.1, -0.05) is 66.0 Å². The molecule has 17 heteroatoms. The largest absolute Gasteiger partial charge is 0.416 e. The number of nitro benzene ring substituents is 2. The van der Waals surface area contributed by atoms with E-state index in [1.165, 1.54) is 60.5 Å². The monoisotopic (exact) mass is 840 g/mol. The molecule has 0 aliphatic heterocycles. The minimum absolute atomic E-state index is 0.0747. The van der Waals surface area contributed by atoms with Crippen LogP contribution in [0.4, 0.5) is 21.0 Å². The Morgan fingerprint density at radius 2 is 1.14 bits per heavy atom. The van der Waals surface area contributed by atoms with Crippen LogP contribution in [-0.2, 0) is 20.7 Å². The predicted octanol–water partition coefficient (Wildman–Crippen LogP) is 9.95. The van der Waals surface area contributed by atoms with Gasteiger partial charge in [0.2, 0.25) is 0 Å². The van der Waals surface area contributed by atoms with Crippen LogP contribution >= 0.6 is 34.8 Å². The second-order valence-corrected chi connectivity index (χ2v) is 14.1. The second kappa shape index (κ2) is 20.1. The number of nitrogens with one attached hydrogen (secondary N) is 1. The van der Waals surface area contributed by atoms with E-state index in [1.54, 1.807) is 24.3 Å². The summed E-state index contributed by atoms with van der Waals surface area (Å²) in [5, 5.41) is 25.2. The van der Waals surface area contributed by atoms with E-state index in [9.17, 15) is 39.4 Å². The molecule has 14 nitrogen and oxygen atoms in total. The first-order chi connectivity index (χ1) is 27.2. The minimum Gasteiger partial charge on any atom is -0.414 e. The van der Waals surface area contributed by atoms with Crippen LogP contribution in [0.15, 0.2) is 97.1 Å². The molecule has 0 radical (unpaired) electrons. The number of amides is 1. The normalized spacial score (nSPS) is 18.8. The number of ether oxygens (including phenoxy) is 2. The van der Waals surface area contributed by atoms with Gasteiger partial charge >= 0.3 is 11.5 Å². The van der Waals surface area contributed by atoms with Crippen molar-refractivity contribution < 1.29 is 38.5 Å². The summed E-state index contributed by atoms with van der Waals surface area (Å²) in [6, 6.07) is 24.8. The molecular formula is C40H39Cl3N4O10. The number of non-ortho nitro benzene ring substituents is 2. The van der Waals surface area contributed by atoms with Crippen LogP contribution in [0.5, 0.6) is 11.5 Å². The average Bonchev–Trinajstić information content (AvgIpc) is 3.19. The van der Waals surface area contributed by atoms with Crippen LogP contribution in [-0.4, -0.2) is 51.9 Å². The van der Waals surface area contributed by atoms with Gasteiger partial charge in [-0.3, -0.25) is 34.7 Å². The molecule has 2 aliphatic carbocycles. The Labute approximate surface area is 343 Å².